The Morgan fingerprint density at radius 2 is 2.19 bits per heavy atom. The minimum absolute atomic E-state index is 0.417. The second kappa shape index (κ2) is 4.63. The number of pyridine rings is 1. The summed E-state index contributed by atoms with van der Waals surface area (Å²) in [4.78, 5) is 4.26. The topological polar surface area (TPSA) is 45.9 Å². The Bertz CT molecular complexity index is 543. The highest BCUT2D eigenvalue weighted by Gasteiger charge is 2.04. The summed E-state index contributed by atoms with van der Waals surface area (Å²) in [6.45, 7) is 2.72. The Morgan fingerprint density at radius 3 is 2.94 bits per heavy atom. The molecule has 3 nitrogen and oxygen atoms in total. The van der Waals surface area contributed by atoms with Crippen molar-refractivity contribution in [2.24, 2.45) is 0 Å². The first-order valence-electron chi connectivity index (χ1n) is 5.28. The summed E-state index contributed by atoms with van der Waals surface area (Å²) in [6, 6.07) is 11.4. The lowest BCUT2D eigenvalue weighted by Gasteiger charge is -2.07. The van der Waals surface area contributed by atoms with Crippen molar-refractivity contribution in [1.82, 2.24) is 4.98 Å². The highest BCUT2D eigenvalue weighted by molar-refractivity contribution is 5.84. The van der Waals surface area contributed by atoms with E-state index < -0.39 is 0 Å². The standard InChI is InChI=1S/C13H12N2O/c1-2-8-16-12-5-3-4-10-6-7-11(9-14)15-13(10)12/h3-7H,2,8H2,1H3. The van der Waals surface area contributed by atoms with Crippen LogP contribution in [0, 0.1) is 11.3 Å². The fourth-order valence-corrected chi connectivity index (χ4v) is 1.51. The van der Waals surface area contributed by atoms with Crippen LogP contribution in [-0.4, -0.2) is 11.6 Å². The molecular weight excluding hydrogens is 200 g/mol. The van der Waals surface area contributed by atoms with Gasteiger partial charge in [-0.2, -0.15) is 5.26 Å². The van der Waals surface area contributed by atoms with Gasteiger partial charge >= 0.3 is 0 Å². The van der Waals surface area contributed by atoms with Crippen molar-refractivity contribution >= 4 is 10.9 Å². The van der Waals surface area contributed by atoms with Gasteiger partial charge in [-0.05, 0) is 24.6 Å². The van der Waals surface area contributed by atoms with Crippen molar-refractivity contribution in [1.29, 1.82) is 5.26 Å². The number of nitrogens with zero attached hydrogens (tertiary/aromatic N) is 2. The third kappa shape index (κ3) is 1.96. The van der Waals surface area contributed by atoms with E-state index in [1.54, 1.807) is 6.07 Å². The Kier molecular flexibility index (Phi) is 3.02. The molecule has 80 valence electrons. The van der Waals surface area contributed by atoms with Gasteiger partial charge in [0.25, 0.3) is 0 Å². The first kappa shape index (κ1) is 10.4. The van der Waals surface area contributed by atoms with Crippen LogP contribution in [0.3, 0.4) is 0 Å². The maximum atomic E-state index is 8.81. The van der Waals surface area contributed by atoms with Gasteiger partial charge in [-0.3, -0.25) is 0 Å². The molecule has 0 saturated heterocycles. The summed E-state index contributed by atoms with van der Waals surface area (Å²) in [5.41, 5.74) is 1.18. The second-order valence-corrected chi connectivity index (χ2v) is 3.48. The zero-order valence-electron chi connectivity index (χ0n) is 9.10. The largest absolute Gasteiger partial charge is 0.491 e. The number of para-hydroxylation sites is 1. The van der Waals surface area contributed by atoms with Crippen molar-refractivity contribution in [3.05, 3.63) is 36.0 Å². The normalized spacial score (nSPS) is 10.0. The lowest BCUT2D eigenvalue weighted by molar-refractivity contribution is 0.320. The van der Waals surface area contributed by atoms with Crippen molar-refractivity contribution in [3.63, 3.8) is 0 Å². The van der Waals surface area contributed by atoms with E-state index in [1.165, 1.54) is 0 Å². The Morgan fingerprint density at radius 1 is 1.31 bits per heavy atom. The van der Waals surface area contributed by atoms with E-state index in [4.69, 9.17) is 10.00 Å². The highest BCUT2D eigenvalue weighted by atomic mass is 16.5. The number of nitriles is 1. The van der Waals surface area contributed by atoms with Gasteiger partial charge in [0.2, 0.25) is 0 Å². The fourth-order valence-electron chi connectivity index (χ4n) is 1.51. The molecular formula is C13H12N2O. The molecule has 1 aromatic carbocycles. The molecule has 0 saturated carbocycles. The van der Waals surface area contributed by atoms with Crippen molar-refractivity contribution < 1.29 is 4.74 Å². The molecule has 1 heterocycles. The lowest BCUT2D eigenvalue weighted by Crippen LogP contribution is -1.97. The predicted octanol–water partition coefficient (Wildman–Crippen LogP) is 2.90. The SMILES string of the molecule is CCCOc1cccc2ccc(C#N)nc12. The summed E-state index contributed by atoms with van der Waals surface area (Å²) in [6.07, 6.45) is 0.953. The summed E-state index contributed by atoms with van der Waals surface area (Å²) in [5, 5.41) is 9.80. The predicted molar refractivity (Wildman–Crippen MR) is 62.2 cm³/mol. The van der Waals surface area contributed by atoms with Crippen LogP contribution in [0.5, 0.6) is 5.75 Å². The molecule has 16 heavy (non-hydrogen) atoms. The van der Waals surface area contributed by atoms with Gasteiger partial charge in [0.05, 0.1) is 6.61 Å². The second-order valence-electron chi connectivity index (χ2n) is 3.48. The van der Waals surface area contributed by atoms with E-state index in [1.807, 2.05) is 30.3 Å². The first-order chi connectivity index (χ1) is 7.85. The zero-order valence-corrected chi connectivity index (χ0v) is 9.10. The molecule has 1 aromatic heterocycles. The number of benzene rings is 1. The maximum Gasteiger partial charge on any atom is 0.145 e. The van der Waals surface area contributed by atoms with Crippen LogP contribution < -0.4 is 4.74 Å². The third-order valence-electron chi connectivity index (χ3n) is 2.26. The van der Waals surface area contributed by atoms with Gasteiger partial charge < -0.3 is 4.74 Å². The summed E-state index contributed by atoms with van der Waals surface area (Å²) < 4.78 is 5.60. The number of ether oxygens (including phenoxy) is 1. The average Bonchev–Trinajstić information content (AvgIpc) is 2.35. The number of aromatic nitrogens is 1. The van der Waals surface area contributed by atoms with Crippen LogP contribution in [0.1, 0.15) is 19.0 Å². The third-order valence-corrected chi connectivity index (χ3v) is 2.26. The molecule has 0 unspecified atom stereocenters. The number of hydrogen-bond donors (Lipinski definition) is 0. The molecule has 2 rings (SSSR count). The minimum atomic E-state index is 0.417. The van der Waals surface area contributed by atoms with Crippen LogP contribution >= 0.6 is 0 Å². The van der Waals surface area contributed by atoms with Crippen LogP contribution in [0.4, 0.5) is 0 Å². The van der Waals surface area contributed by atoms with Crippen LogP contribution in [0.2, 0.25) is 0 Å². The van der Waals surface area contributed by atoms with Crippen molar-refractivity contribution in [2.45, 2.75) is 13.3 Å². The van der Waals surface area contributed by atoms with E-state index in [0.29, 0.717) is 12.3 Å². The van der Waals surface area contributed by atoms with Gasteiger partial charge in [-0.15, -0.1) is 0 Å². The maximum absolute atomic E-state index is 8.81. The first-order valence-corrected chi connectivity index (χ1v) is 5.28. The van der Waals surface area contributed by atoms with Crippen LogP contribution in [-0.2, 0) is 0 Å². The molecule has 0 bridgehead atoms. The molecule has 0 fully saturated rings. The van der Waals surface area contributed by atoms with Gasteiger partial charge in [0.15, 0.2) is 0 Å². The lowest BCUT2D eigenvalue weighted by atomic mass is 10.2. The molecule has 0 N–H and O–H groups in total. The molecule has 0 aliphatic heterocycles. The van der Waals surface area contributed by atoms with E-state index in [2.05, 4.69) is 11.9 Å². The van der Waals surface area contributed by atoms with Crippen molar-refractivity contribution in [2.75, 3.05) is 6.61 Å². The zero-order chi connectivity index (χ0) is 11.4. The van der Waals surface area contributed by atoms with Crippen LogP contribution in [0.15, 0.2) is 30.3 Å². The molecule has 0 radical (unpaired) electrons. The van der Waals surface area contributed by atoms with E-state index in [9.17, 15) is 0 Å². The molecule has 0 spiro atoms. The Labute approximate surface area is 94.3 Å². The highest BCUT2D eigenvalue weighted by Crippen LogP contribution is 2.23. The number of hydrogen-bond acceptors (Lipinski definition) is 3. The fraction of sp³-hybridized carbons (Fsp3) is 0.231. The molecule has 0 aliphatic carbocycles. The van der Waals surface area contributed by atoms with Gasteiger partial charge in [0.1, 0.15) is 23.0 Å². The summed E-state index contributed by atoms with van der Waals surface area (Å²) in [5.74, 6) is 0.747. The average molecular weight is 212 g/mol. The molecule has 0 aliphatic rings. The van der Waals surface area contributed by atoms with Gasteiger partial charge in [-0.25, -0.2) is 4.98 Å². The van der Waals surface area contributed by atoms with Gasteiger partial charge in [-0.1, -0.05) is 19.1 Å². The molecule has 2 aromatic rings. The summed E-state index contributed by atoms with van der Waals surface area (Å²) in [7, 11) is 0. The number of fused-ring (bicyclic) bond motifs is 1. The van der Waals surface area contributed by atoms with E-state index in [-0.39, 0.29) is 0 Å². The van der Waals surface area contributed by atoms with Crippen molar-refractivity contribution in [3.8, 4) is 11.8 Å². The molecule has 0 amide bonds. The Balaban J connectivity index is 2.52. The van der Waals surface area contributed by atoms with E-state index in [0.717, 1.165) is 23.1 Å². The molecule has 3 heteroatoms. The smallest absolute Gasteiger partial charge is 0.145 e. The summed E-state index contributed by atoms with van der Waals surface area (Å²) >= 11 is 0. The van der Waals surface area contributed by atoms with Crippen LogP contribution in [0.25, 0.3) is 10.9 Å². The van der Waals surface area contributed by atoms with Gasteiger partial charge in [0, 0.05) is 5.39 Å². The monoisotopic (exact) mass is 212 g/mol. The van der Waals surface area contributed by atoms with E-state index >= 15 is 0 Å². The Hall–Kier alpha value is -2.08. The number of rotatable bonds is 3. The minimum Gasteiger partial charge on any atom is -0.491 e. The molecule has 0 atom stereocenters. The quantitative estimate of drug-likeness (QED) is 0.785.